The van der Waals surface area contributed by atoms with Gasteiger partial charge in [0, 0.05) is 18.0 Å². The van der Waals surface area contributed by atoms with E-state index in [4.69, 9.17) is 9.47 Å². The average Bonchev–Trinajstić information content (AvgIpc) is 2.92. The fourth-order valence-corrected chi connectivity index (χ4v) is 4.56. The first-order valence-electron chi connectivity index (χ1n) is 9.00. The lowest BCUT2D eigenvalue weighted by Gasteiger charge is -2.25. The van der Waals surface area contributed by atoms with Crippen LogP contribution in [0.4, 0.5) is 5.00 Å². The zero-order valence-electron chi connectivity index (χ0n) is 14.9. The van der Waals surface area contributed by atoms with E-state index in [1.807, 2.05) is 13.8 Å². The molecule has 0 radical (unpaired) electrons. The molecule has 0 bridgehead atoms. The van der Waals surface area contributed by atoms with Gasteiger partial charge >= 0.3 is 5.97 Å². The van der Waals surface area contributed by atoms with Gasteiger partial charge in [-0.25, -0.2) is 4.79 Å². The van der Waals surface area contributed by atoms with E-state index in [9.17, 15) is 9.59 Å². The molecule has 6 nitrogen and oxygen atoms in total. The molecule has 0 spiro atoms. The molecule has 1 aromatic heterocycles. The van der Waals surface area contributed by atoms with E-state index in [1.54, 1.807) is 0 Å². The Labute approximate surface area is 152 Å². The van der Waals surface area contributed by atoms with Crippen LogP contribution in [-0.2, 0) is 27.1 Å². The predicted molar refractivity (Wildman–Crippen MR) is 97.4 cm³/mol. The van der Waals surface area contributed by atoms with Crippen molar-refractivity contribution in [3.63, 3.8) is 0 Å². The molecule has 0 aromatic carbocycles. The molecule has 0 atom stereocenters. The fourth-order valence-electron chi connectivity index (χ4n) is 3.27. The van der Waals surface area contributed by atoms with E-state index in [2.05, 4.69) is 10.2 Å². The van der Waals surface area contributed by atoms with Crippen LogP contribution in [0, 0.1) is 0 Å². The van der Waals surface area contributed by atoms with Crippen LogP contribution < -0.4 is 5.32 Å². The number of amides is 1. The van der Waals surface area contributed by atoms with Crippen LogP contribution in [-0.4, -0.2) is 55.7 Å². The second-order valence-electron chi connectivity index (χ2n) is 6.81. The summed E-state index contributed by atoms with van der Waals surface area (Å²) in [4.78, 5) is 28.3. The number of nitrogens with zero attached hydrogens (tertiary/aromatic N) is 1. The molecule has 1 aliphatic heterocycles. The highest BCUT2D eigenvalue weighted by Gasteiger charge is 2.28. The summed E-state index contributed by atoms with van der Waals surface area (Å²) >= 11 is 1.53. The van der Waals surface area contributed by atoms with E-state index in [1.165, 1.54) is 16.2 Å². The maximum absolute atomic E-state index is 12.6. The highest BCUT2D eigenvalue weighted by Crippen LogP contribution is 2.38. The largest absolute Gasteiger partial charge is 0.459 e. The fraction of sp³-hybridized carbons (Fsp3) is 0.667. The van der Waals surface area contributed by atoms with Gasteiger partial charge in [0.2, 0.25) is 5.91 Å². The minimum Gasteiger partial charge on any atom is -0.459 e. The van der Waals surface area contributed by atoms with Crippen LogP contribution in [0.25, 0.3) is 0 Å². The Morgan fingerprint density at radius 3 is 2.68 bits per heavy atom. The topological polar surface area (TPSA) is 67.9 Å². The number of aryl methyl sites for hydroxylation is 1. The maximum atomic E-state index is 12.6. The second-order valence-corrected chi connectivity index (χ2v) is 7.91. The van der Waals surface area contributed by atoms with Crippen molar-refractivity contribution >= 4 is 28.2 Å². The summed E-state index contributed by atoms with van der Waals surface area (Å²) < 4.78 is 10.7. The summed E-state index contributed by atoms with van der Waals surface area (Å²) in [5.74, 6) is -0.407. The standard InChI is InChI=1S/C18H26N2O4S/c1-12(2)24-18(22)16-13-5-3-4-6-14(13)25-17(16)19-15(21)11-20-7-9-23-10-8-20/h12H,3-11H2,1-2H3,(H,19,21). The molecule has 0 saturated carbocycles. The predicted octanol–water partition coefficient (Wildman–Crippen LogP) is 2.46. The number of nitrogens with one attached hydrogen (secondary N) is 1. The molecular formula is C18H26N2O4S. The van der Waals surface area contributed by atoms with E-state index in [0.717, 1.165) is 44.3 Å². The first-order chi connectivity index (χ1) is 12.0. The molecule has 25 heavy (non-hydrogen) atoms. The van der Waals surface area contributed by atoms with Gasteiger partial charge in [0.1, 0.15) is 5.00 Å². The Balaban J connectivity index is 1.76. The van der Waals surface area contributed by atoms with Gasteiger partial charge in [-0.2, -0.15) is 0 Å². The molecule has 1 aromatic rings. The van der Waals surface area contributed by atoms with E-state index in [0.29, 0.717) is 30.3 Å². The van der Waals surface area contributed by atoms with Gasteiger partial charge in [-0.3, -0.25) is 9.69 Å². The number of ether oxygens (including phenoxy) is 2. The average molecular weight is 366 g/mol. The van der Waals surface area contributed by atoms with Crippen LogP contribution >= 0.6 is 11.3 Å². The summed E-state index contributed by atoms with van der Waals surface area (Å²) in [5, 5.41) is 3.61. The third-order valence-electron chi connectivity index (χ3n) is 4.44. The summed E-state index contributed by atoms with van der Waals surface area (Å²) in [6, 6.07) is 0. The molecule has 138 valence electrons. The summed E-state index contributed by atoms with van der Waals surface area (Å²) in [5.41, 5.74) is 1.65. The number of fused-ring (bicyclic) bond motifs is 1. The minimum absolute atomic E-state index is 0.0842. The van der Waals surface area contributed by atoms with Crippen molar-refractivity contribution in [2.24, 2.45) is 0 Å². The van der Waals surface area contributed by atoms with Gasteiger partial charge < -0.3 is 14.8 Å². The van der Waals surface area contributed by atoms with Gasteiger partial charge in [-0.05, 0) is 45.1 Å². The number of rotatable bonds is 5. The molecule has 2 heterocycles. The Hall–Kier alpha value is -1.44. The number of anilines is 1. The van der Waals surface area contributed by atoms with Crippen molar-refractivity contribution in [1.82, 2.24) is 4.90 Å². The lowest BCUT2D eigenvalue weighted by molar-refractivity contribution is -0.118. The molecule has 1 N–H and O–H groups in total. The van der Waals surface area contributed by atoms with Crippen LogP contribution in [0.3, 0.4) is 0 Å². The van der Waals surface area contributed by atoms with Crippen molar-refractivity contribution in [2.75, 3.05) is 38.2 Å². The van der Waals surface area contributed by atoms with Crippen molar-refractivity contribution in [1.29, 1.82) is 0 Å². The van der Waals surface area contributed by atoms with Crippen LogP contribution in [0.2, 0.25) is 0 Å². The molecular weight excluding hydrogens is 340 g/mol. The third-order valence-corrected chi connectivity index (χ3v) is 5.65. The Bertz CT molecular complexity index is 635. The lowest BCUT2D eigenvalue weighted by Crippen LogP contribution is -2.41. The van der Waals surface area contributed by atoms with Gasteiger partial charge in [-0.15, -0.1) is 11.3 Å². The third kappa shape index (κ3) is 4.59. The number of thiophene rings is 1. The Kier molecular flexibility index (Phi) is 6.09. The van der Waals surface area contributed by atoms with Crippen LogP contribution in [0.15, 0.2) is 0 Å². The maximum Gasteiger partial charge on any atom is 0.341 e. The first-order valence-corrected chi connectivity index (χ1v) is 9.81. The SMILES string of the molecule is CC(C)OC(=O)c1c(NC(=O)CN2CCOCC2)sc2c1CCCC2. The number of carbonyl (C=O) groups is 2. The monoisotopic (exact) mass is 366 g/mol. The van der Waals surface area contributed by atoms with Crippen molar-refractivity contribution < 1.29 is 19.1 Å². The molecule has 0 unspecified atom stereocenters. The van der Waals surface area contributed by atoms with E-state index >= 15 is 0 Å². The summed E-state index contributed by atoms with van der Waals surface area (Å²) in [6.45, 7) is 6.84. The van der Waals surface area contributed by atoms with Crippen LogP contribution in [0.1, 0.15) is 47.5 Å². The normalized spacial score (nSPS) is 18.0. The van der Waals surface area contributed by atoms with Gasteiger partial charge in [0.05, 0.1) is 31.4 Å². The molecule has 3 rings (SSSR count). The zero-order chi connectivity index (χ0) is 17.8. The minimum atomic E-state index is -0.323. The molecule has 1 aliphatic carbocycles. The van der Waals surface area contributed by atoms with E-state index < -0.39 is 0 Å². The number of morpholine rings is 1. The lowest BCUT2D eigenvalue weighted by atomic mass is 9.95. The quantitative estimate of drug-likeness (QED) is 0.811. The van der Waals surface area contributed by atoms with Gasteiger partial charge in [-0.1, -0.05) is 0 Å². The molecule has 1 fully saturated rings. The van der Waals surface area contributed by atoms with Crippen molar-refractivity contribution in [3.05, 3.63) is 16.0 Å². The molecule has 7 heteroatoms. The van der Waals surface area contributed by atoms with Crippen molar-refractivity contribution in [3.8, 4) is 0 Å². The molecule has 1 saturated heterocycles. The first kappa shape index (κ1) is 18.4. The Morgan fingerprint density at radius 1 is 1.24 bits per heavy atom. The molecule has 2 aliphatic rings. The van der Waals surface area contributed by atoms with Crippen LogP contribution in [0.5, 0.6) is 0 Å². The smallest absolute Gasteiger partial charge is 0.341 e. The number of hydrogen-bond donors (Lipinski definition) is 1. The van der Waals surface area contributed by atoms with E-state index in [-0.39, 0.29) is 18.0 Å². The van der Waals surface area contributed by atoms with Gasteiger partial charge in [0.15, 0.2) is 0 Å². The number of hydrogen-bond acceptors (Lipinski definition) is 6. The van der Waals surface area contributed by atoms with Gasteiger partial charge in [0.25, 0.3) is 0 Å². The highest BCUT2D eigenvalue weighted by atomic mass is 32.1. The van der Waals surface area contributed by atoms with Crippen molar-refractivity contribution in [2.45, 2.75) is 45.6 Å². The highest BCUT2D eigenvalue weighted by molar-refractivity contribution is 7.17. The summed E-state index contributed by atoms with van der Waals surface area (Å²) in [7, 11) is 0. The second kappa shape index (κ2) is 8.29. The number of carbonyl (C=O) groups excluding carboxylic acids is 2. The number of esters is 1. The molecule has 1 amide bonds. The summed E-state index contributed by atoms with van der Waals surface area (Å²) in [6.07, 6.45) is 3.89. The zero-order valence-corrected chi connectivity index (χ0v) is 15.7. The Morgan fingerprint density at radius 2 is 1.96 bits per heavy atom.